The van der Waals surface area contributed by atoms with Crippen molar-refractivity contribution in [3.8, 4) is 5.69 Å². The first-order chi connectivity index (χ1) is 13.1. The van der Waals surface area contributed by atoms with Crippen molar-refractivity contribution >= 4 is 22.5 Å². The standard InChI is InChI=1S/C20H18ClN5O/c1-24(12-15-7-9-17(21)10-8-15)14-26-20(27)19-16(11-22-26)13-25(23-19)18-5-3-2-4-6-18/h2-11,13H,12,14H2,1H3. The summed E-state index contributed by atoms with van der Waals surface area (Å²) in [4.78, 5) is 14.8. The lowest BCUT2D eigenvalue weighted by Gasteiger charge is -2.17. The average Bonchev–Trinajstić information content (AvgIpc) is 3.12. The van der Waals surface area contributed by atoms with E-state index in [2.05, 4.69) is 10.2 Å². The molecular formula is C20H18ClN5O. The van der Waals surface area contributed by atoms with Crippen molar-refractivity contribution in [2.45, 2.75) is 13.2 Å². The minimum atomic E-state index is -0.204. The Hall–Kier alpha value is -2.96. The molecule has 0 radical (unpaired) electrons. The molecule has 0 atom stereocenters. The number of nitrogens with zero attached hydrogens (tertiary/aromatic N) is 5. The van der Waals surface area contributed by atoms with Crippen molar-refractivity contribution in [3.05, 3.63) is 87.9 Å². The van der Waals surface area contributed by atoms with Crippen molar-refractivity contribution in [1.29, 1.82) is 0 Å². The van der Waals surface area contributed by atoms with Crippen LogP contribution in [0.1, 0.15) is 5.56 Å². The van der Waals surface area contributed by atoms with Crippen molar-refractivity contribution in [2.24, 2.45) is 0 Å². The SMILES string of the molecule is CN(Cc1ccc(Cl)cc1)Cn1ncc2cn(-c3ccccc3)nc2c1=O. The highest BCUT2D eigenvalue weighted by molar-refractivity contribution is 6.30. The maximum absolute atomic E-state index is 12.8. The Morgan fingerprint density at radius 3 is 2.56 bits per heavy atom. The predicted octanol–water partition coefficient (Wildman–Crippen LogP) is 3.33. The minimum absolute atomic E-state index is 0.204. The molecule has 0 saturated carbocycles. The van der Waals surface area contributed by atoms with Crippen LogP contribution in [-0.2, 0) is 13.2 Å². The molecule has 136 valence electrons. The third-order valence-electron chi connectivity index (χ3n) is 4.28. The molecule has 2 aromatic carbocycles. The predicted molar refractivity (Wildman–Crippen MR) is 106 cm³/mol. The van der Waals surface area contributed by atoms with Crippen LogP contribution in [-0.4, -0.2) is 31.5 Å². The van der Waals surface area contributed by atoms with Gasteiger partial charge in [-0.1, -0.05) is 41.9 Å². The molecular weight excluding hydrogens is 362 g/mol. The quantitative estimate of drug-likeness (QED) is 0.533. The van der Waals surface area contributed by atoms with E-state index in [1.54, 1.807) is 10.9 Å². The second-order valence-electron chi connectivity index (χ2n) is 6.44. The maximum Gasteiger partial charge on any atom is 0.296 e. The first kappa shape index (κ1) is 17.5. The highest BCUT2D eigenvalue weighted by Crippen LogP contribution is 2.13. The summed E-state index contributed by atoms with van der Waals surface area (Å²) in [5, 5.41) is 10.2. The number of benzene rings is 2. The molecule has 0 aliphatic heterocycles. The van der Waals surface area contributed by atoms with Gasteiger partial charge in [0, 0.05) is 23.2 Å². The largest absolute Gasteiger partial charge is 0.296 e. The molecule has 0 saturated heterocycles. The zero-order valence-electron chi connectivity index (χ0n) is 14.8. The molecule has 2 aromatic heterocycles. The van der Waals surface area contributed by atoms with Gasteiger partial charge in [-0.2, -0.15) is 10.2 Å². The van der Waals surface area contributed by atoms with E-state index in [1.807, 2.05) is 72.7 Å². The Labute approximate surface area is 161 Å². The van der Waals surface area contributed by atoms with Crippen LogP contribution in [0.5, 0.6) is 0 Å². The van der Waals surface area contributed by atoms with Crippen LogP contribution in [0, 0.1) is 0 Å². The lowest BCUT2D eigenvalue weighted by atomic mass is 10.2. The van der Waals surface area contributed by atoms with Gasteiger partial charge in [0.1, 0.15) is 0 Å². The molecule has 4 rings (SSSR count). The van der Waals surface area contributed by atoms with E-state index in [0.717, 1.165) is 16.6 Å². The monoisotopic (exact) mass is 379 g/mol. The number of aromatic nitrogens is 4. The summed E-state index contributed by atoms with van der Waals surface area (Å²) in [7, 11) is 1.94. The maximum atomic E-state index is 12.8. The number of halogens is 1. The fraction of sp³-hybridized carbons (Fsp3) is 0.150. The van der Waals surface area contributed by atoms with E-state index in [4.69, 9.17) is 11.6 Å². The van der Waals surface area contributed by atoms with Crippen molar-refractivity contribution < 1.29 is 0 Å². The summed E-state index contributed by atoms with van der Waals surface area (Å²) in [5.74, 6) is 0. The number of fused-ring (bicyclic) bond motifs is 1. The molecule has 7 heteroatoms. The van der Waals surface area contributed by atoms with Crippen LogP contribution in [0.15, 0.2) is 71.8 Å². The molecule has 0 bridgehead atoms. The Kier molecular flexibility index (Phi) is 4.75. The van der Waals surface area contributed by atoms with Crippen LogP contribution in [0.3, 0.4) is 0 Å². The van der Waals surface area contributed by atoms with E-state index in [-0.39, 0.29) is 5.56 Å². The molecule has 0 amide bonds. The summed E-state index contributed by atoms with van der Waals surface area (Å²) in [5.41, 5.74) is 2.22. The topological polar surface area (TPSA) is 56.0 Å². The molecule has 0 unspecified atom stereocenters. The highest BCUT2D eigenvalue weighted by atomic mass is 35.5. The molecule has 27 heavy (non-hydrogen) atoms. The number of hydrogen-bond acceptors (Lipinski definition) is 4. The first-order valence-corrected chi connectivity index (χ1v) is 8.92. The van der Waals surface area contributed by atoms with Crippen LogP contribution < -0.4 is 5.56 Å². The van der Waals surface area contributed by atoms with E-state index >= 15 is 0 Å². The molecule has 0 N–H and O–H groups in total. The van der Waals surface area contributed by atoms with Gasteiger partial charge in [0.2, 0.25) is 0 Å². The lowest BCUT2D eigenvalue weighted by Crippen LogP contribution is -2.31. The van der Waals surface area contributed by atoms with Gasteiger partial charge in [-0.05, 0) is 36.9 Å². The Bertz CT molecular complexity index is 1120. The molecule has 0 fully saturated rings. The average molecular weight is 380 g/mol. The van der Waals surface area contributed by atoms with Gasteiger partial charge in [-0.25, -0.2) is 9.36 Å². The van der Waals surface area contributed by atoms with Gasteiger partial charge < -0.3 is 0 Å². The lowest BCUT2D eigenvalue weighted by molar-refractivity contribution is 0.241. The summed E-state index contributed by atoms with van der Waals surface area (Å²) >= 11 is 5.92. The number of para-hydroxylation sites is 1. The summed E-state index contributed by atoms with van der Waals surface area (Å²) in [6.45, 7) is 1.05. The van der Waals surface area contributed by atoms with Crippen molar-refractivity contribution in [1.82, 2.24) is 24.5 Å². The van der Waals surface area contributed by atoms with Crippen LogP contribution in [0.2, 0.25) is 5.02 Å². The summed E-state index contributed by atoms with van der Waals surface area (Å²) in [6.07, 6.45) is 3.50. The summed E-state index contributed by atoms with van der Waals surface area (Å²) in [6, 6.07) is 17.4. The van der Waals surface area contributed by atoms with E-state index in [0.29, 0.717) is 23.8 Å². The first-order valence-electron chi connectivity index (χ1n) is 8.54. The second kappa shape index (κ2) is 7.34. The smallest absolute Gasteiger partial charge is 0.283 e. The van der Waals surface area contributed by atoms with Gasteiger partial charge in [0.05, 0.1) is 18.6 Å². The van der Waals surface area contributed by atoms with Crippen molar-refractivity contribution in [3.63, 3.8) is 0 Å². The van der Waals surface area contributed by atoms with Gasteiger partial charge in [-0.15, -0.1) is 0 Å². The van der Waals surface area contributed by atoms with E-state index in [9.17, 15) is 4.79 Å². The molecule has 0 aliphatic rings. The molecule has 4 aromatic rings. The number of hydrogen-bond donors (Lipinski definition) is 0. The van der Waals surface area contributed by atoms with E-state index < -0.39 is 0 Å². The Balaban J connectivity index is 1.58. The highest BCUT2D eigenvalue weighted by Gasteiger charge is 2.11. The van der Waals surface area contributed by atoms with Crippen LogP contribution >= 0.6 is 11.6 Å². The molecule has 6 nitrogen and oxygen atoms in total. The third kappa shape index (κ3) is 3.77. The van der Waals surface area contributed by atoms with Crippen molar-refractivity contribution in [2.75, 3.05) is 7.05 Å². The fourth-order valence-electron chi connectivity index (χ4n) is 2.95. The normalized spacial score (nSPS) is 11.4. The zero-order chi connectivity index (χ0) is 18.8. The van der Waals surface area contributed by atoms with Gasteiger partial charge in [0.15, 0.2) is 5.52 Å². The summed E-state index contributed by atoms with van der Waals surface area (Å²) < 4.78 is 3.14. The molecule has 0 aliphatic carbocycles. The zero-order valence-corrected chi connectivity index (χ0v) is 15.5. The van der Waals surface area contributed by atoms with Crippen LogP contribution in [0.4, 0.5) is 0 Å². The number of rotatable bonds is 5. The van der Waals surface area contributed by atoms with Gasteiger partial charge >= 0.3 is 0 Å². The van der Waals surface area contributed by atoms with Crippen LogP contribution in [0.25, 0.3) is 16.6 Å². The second-order valence-corrected chi connectivity index (χ2v) is 6.88. The third-order valence-corrected chi connectivity index (χ3v) is 4.53. The Morgan fingerprint density at radius 2 is 1.81 bits per heavy atom. The minimum Gasteiger partial charge on any atom is -0.283 e. The van der Waals surface area contributed by atoms with E-state index in [1.165, 1.54) is 4.68 Å². The molecule has 0 spiro atoms. The fourth-order valence-corrected chi connectivity index (χ4v) is 3.07. The molecule has 2 heterocycles. The van der Waals surface area contributed by atoms with Gasteiger partial charge in [-0.3, -0.25) is 9.69 Å². The van der Waals surface area contributed by atoms with Gasteiger partial charge in [0.25, 0.3) is 5.56 Å². The Morgan fingerprint density at radius 1 is 1.07 bits per heavy atom.